The molecule has 1 fully saturated rings. The molecule has 0 aromatic carbocycles. The van der Waals surface area contributed by atoms with Crippen LogP contribution < -0.4 is 0 Å². The Hall–Kier alpha value is -2.27. The van der Waals surface area contributed by atoms with Gasteiger partial charge < -0.3 is 0 Å². The fourth-order valence-corrected chi connectivity index (χ4v) is 3.61. The van der Waals surface area contributed by atoms with Crippen molar-refractivity contribution < 1.29 is 0 Å². The van der Waals surface area contributed by atoms with Crippen molar-refractivity contribution in [3.8, 4) is 0 Å². The van der Waals surface area contributed by atoms with Crippen LogP contribution in [0.3, 0.4) is 0 Å². The molecule has 23 heavy (non-hydrogen) atoms. The van der Waals surface area contributed by atoms with Gasteiger partial charge in [-0.05, 0) is 37.9 Å². The van der Waals surface area contributed by atoms with Crippen molar-refractivity contribution in [2.24, 2.45) is 0 Å². The lowest BCUT2D eigenvalue weighted by atomic mass is 9.94. The number of rotatable bonds is 3. The van der Waals surface area contributed by atoms with E-state index < -0.39 is 0 Å². The molecule has 1 atom stereocenters. The smallest absolute Gasteiger partial charge is 0.110 e. The first-order valence-corrected chi connectivity index (χ1v) is 8.20. The van der Waals surface area contributed by atoms with Crippen LogP contribution in [0, 0.1) is 6.92 Å². The first kappa shape index (κ1) is 14.3. The number of nitrogens with zero attached hydrogens (tertiary/aromatic N) is 5. The van der Waals surface area contributed by atoms with E-state index in [1.54, 1.807) is 0 Å². The molecule has 0 amide bonds. The van der Waals surface area contributed by atoms with Crippen molar-refractivity contribution in [1.82, 2.24) is 24.3 Å². The molecule has 118 valence electrons. The number of imidazole rings is 1. The summed E-state index contributed by atoms with van der Waals surface area (Å²) >= 11 is 0. The second-order valence-electron chi connectivity index (χ2n) is 6.33. The van der Waals surface area contributed by atoms with Crippen molar-refractivity contribution in [2.45, 2.75) is 32.2 Å². The standard InChI is InChI=1S/C18H21N5/c1-14-21-10-17-9-20-11-18(23(14)17)16-5-3-7-22(13-16)12-15-4-2-6-19-8-15/h2,4,6,8-11,16H,3,5,7,12-13H2,1H3/t16-/m1/s1. The number of fused-ring (bicyclic) bond motifs is 1. The van der Waals surface area contributed by atoms with E-state index in [-0.39, 0.29) is 0 Å². The fraction of sp³-hybridized carbons (Fsp3) is 0.389. The number of hydrogen-bond donors (Lipinski definition) is 0. The van der Waals surface area contributed by atoms with Gasteiger partial charge in [-0.2, -0.15) is 0 Å². The van der Waals surface area contributed by atoms with Crippen molar-refractivity contribution in [3.63, 3.8) is 0 Å². The average Bonchev–Trinajstić information content (AvgIpc) is 2.98. The summed E-state index contributed by atoms with van der Waals surface area (Å²) in [6.45, 7) is 5.24. The van der Waals surface area contributed by atoms with Crippen LogP contribution in [0.1, 0.15) is 35.8 Å². The van der Waals surface area contributed by atoms with Gasteiger partial charge in [0, 0.05) is 43.3 Å². The molecule has 0 N–H and O–H groups in total. The van der Waals surface area contributed by atoms with Gasteiger partial charge >= 0.3 is 0 Å². The normalized spacial score (nSPS) is 19.3. The highest BCUT2D eigenvalue weighted by Gasteiger charge is 2.24. The topological polar surface area (TPSA) is 46.3 Å². The van der Waals surface area contributed by atoms with Crippen molar-refractivity contribution in [2.75, 3.05) is 13.1 Å². The van der Waals surface area contributed by atoms with E-state index in [0.717, 1.165) is 31.0 Å². The molecule has 1 saturated heterocycles. The molecule has 0 bridgehead atoms. The van der Waals surface area contributed by atoms with Gasteiger partial charge in [0.1, 0.15) is 5.82 Å². The molecule has 1 aliphatic rings. The molecular weight excluding hydrogens is 286 g/mol. The highest BCUT2D eigenvalue weighted by Crippen LogP contribution is 2.28. The molecule has 0 saturated carbocycles. The molecule has 5 heteroatoms. The van der Waals surface area contributed by atoms with Gasteiger partial charge in [0.05, 0.1) is 17.9 Å². The first-order chi connectivity index (χ1) is 11.3. The SMILES string of the molecule is Cc1ncc2cncc([C@@H]3CCCN(Cc4cccnc4)C3)n12. The summed E-state index contributed by atoms with van der Waals surface area (Å²) in [6, 6.07) is 4.16. The summed E-state index contributed by atoms with van der Waals surface area (Å²) in [5.41, 5.74) is 3.65. The summed E-state index contributed by atoms with van der Waals surface area (Å²) in [4.78, 5) is 15.6. The molecule has 0 aliphatic carbocycles. The minimum Gasteiger partial charge on any atom is -0.298 e. The molecule has 4 heterocycles. The second kappa shape index (κ2) is 6.08. The van der Waals surface area contributed by atoms with E-state index in [1.165, 1.54) is 24.1 Å². The van der Waals surface area contributed by atoms with Crippen LogP contribution in [0.4, 0.5) is 0 Å². The van der Waals surface area contributed by atoms with Crippen molar-refractivity contribution in [3.05, 3.63) is 60.2 Å². The molecule has 1 aliphatic heterocycles. The Bertz CT molecular complexity index is 796. The molecule has 3 aromatic heterocycles. The highest BCUT2D eigenvalue weighted by atomic mass is 15.1. The van der Waals surface area contributed by atoms with Crippen molar-refractivity contribution >= 4 is 5.52 Å². The first-order valence-electron chi connectivity index (χ1n) is 8.20. The van der Waals surface area contributed by atoms with Crippen LogP contribution in [0.15, 0.2) is 43.1 Å². The van der Waals surface area contributed by atoms with E-state index in [9.17, 15) is 0 Å². The number of piperidine rings is 1. The average molecular weight is 307 g/mol. The number of likely N-dealkylation sites (tertiary alicyclic amines) is 1. The fourth-order valence-electron chi connectivity index (χ4n) is 3.61. The van der Waals surface area contributed by atoms with Crippen LogP contribution >= 0.6 is 0 Å². The van der Waals surface area contributed by atoms with Crippen LogP contribution in [-0.2, 0) is 6.54 Å². The Morgan fingerprint density at radius 2 is 2.13 bits per heavy atom. The minimum atomic E-state index is 0.504. The molecule has 5 nitrogen and oxygen atoms in total. The van der Waals surface area contributed by atoms with E-state index in [1.807, 2.05) is 37.1 Å². The zero-order valence-electron chi connectivity index (χ0n) is 13.4. The Labute approximate surface area is 136 Å². The molecular formula is C18H21N5. The lowest BCUT2D eigenvalue weighted by molar-refractivity contribution is 0.197. The number of aryl methyl sites for hydroxylation is 1. The van der Waals surface area contributed by atoms with Gasteiger partial charge in [0.25, 0.3) is 0 Å². The number of pyridine rings is 1. The Balaban J connectivity index is 1.58. The molecule has 0 radical (unpaired) electrons. The highest BCUT2D eigenvalue weighted by molar-refractivity contribution is 5.45. The van der Waals surface area contributed by atoms with Gasteiger partial charge in [-0.15, -0.1) is 0 Å². The van der Waals surface area contributed by atoms with E-state index in [4.69, 9.17) is 0 Å². The Morgan fingerprint density at radius 1 is 1.17 bits per heavy atom. The Kier molecular flexibility index (Phi) is 3.79. The second-order valence-corrected chi connectivity index (χ2v) is 6.33. The third-order valence-electron chi connectivity index (χ3n) is 4.69. The number of aromatic nitrogens is 4. The maximum atomic E-state index is 4.44. The molecule has 3 aromatic rings. The van der Waals surface area contributed by atoms with Gasteiger partial charge in [-0.25, -0.2) is 4.98 Å². The van der Waals surface area contributed by atoms with Crippen LogP contribution in [-0.4, -0.2) is 37.3 Å². The van der Waals surface area contributed by atoms with E-state index in [0.29, 0.717) is 5.92 Å². The monoisotopic (exact) mass is 307 g/mol. The van der Waals surface area contributed by atoms with Gasteiger partial charge in [0.15, 0.2) is 0 Å². The predicted molar refractivity (Wildman–Crippen MR) is 89.2 cm³/mol. The lowest BCUT2D eigenvalue weighted by Gasteiger charge is -2.33. The van der Waals surface area contributed by atoms with Crippen LogP contribution in [0.5, 0.6) is 0 Å². The van der Waals surface area contributed by atoms with E-state index in [2.05, 4.69) is 37.2 Å². The summed E-state index contributed by atoms with van der Waals surface area (Å²) in [5.74, 6) is 1.55. The molecule has 0 unspecified atom stereocenters. The van der Waals surface area contributed by atoms with Crippen LogP contribution in [0.25, 0.3) is 5.52 Å². The zero-order valence-corrected chi connectivity index (χ0v) is 13.4. The molecule has 4 rings (SSSR count). The van der Waals surface area contributed by atoms with Gasteiger partial charge in [-0.1, -0.05) is 6.07 Å². The zero-order chi connectivity index (χ0) is 15.6. The Morgan fingerprint density at radius 3 is 3.00 bits per heavy atom. The van der Waals surface area contributed by atoms with Gasteiger partial charge in [-0.3, -0.25) is 19.3 Å². The lowest BCUT2D eigenvalue weighted by Crippen LogP contribution is -2.34. The molecule has 0 spiro atoms. The quantitative estimate of drug-likeness (QED) is 0.746. The third-order valence-corrected chi connectivity index (χ3v) is 4.69. The maximum absolute atomic E-state index is 4.44. The van der Waals surface area contributed by atoms with Crippen LogP contribution in [0.2, 0.25) is 0 Å². The summed E-state index contributed by atoms with van der Waals surface area (Å²) in [6.07, 6.45) is 12.0. The van der Waals surface area contributed by atoms with Gasteiger partial charge in [0.2, 0.25) is 0 Å². The van der Waals surface area contributed by atoms with E-state index >= 15 is 0 Å². The van der Waals surface area contributed by atoms with Crippen molar-refractivity contribution in [1.29, 1.82) is 0 Å². The largest absolute Gasteiger partial charge is 0.298 e. The summed E-state index contributed by atoms with van der Waals surface area (Å²) in [7, 11) is 0. The minimum absolute atomic E-state index is 0.504. The maximum Gasteiger partial charge on any atom is 0.110 e. The third kappa shape index (κ3) is 2.84. The summed E-state index contributed by atoms with van der Waals surface area (Å²) < 4.78 is 2.26. The predicted octanol–water partition coefficient (Wildman–Crippen LogP) is 2.81. The number of hydrogen-bond acceptors (Lipinski definition) is 4. The summed E-state index contributed by atoms with van der Waals surface area (Å²) in [5, 5.41) is 0.